The Kier molecular flexibility index (Phi) is 5.13. The number of rotatable bonds is 6. The van der Waals surface area contributed by atoms with Gasteiger partial charge in [0, 0.05) is 43.2 Å². The van der Waals surface area contributed by atoms with E-state index in [0.717, 1.165) is 36.3 Å². The lowest BCUT2D eigenvalue weighted by Crippen LogP contribution is -2.22. The van der Waals surface area contributed by atoms with Crippen molar-refractivity contribution in [3.05, 3.63) is 59.9 Å². The number of hydrogen-bond donors (Lipinski definition) is 1. The zero-order chi connectivity index (χ0) is 14.4. The van der Waals surface area contributed by atoms with E-state index < -0.39 is 6.10 Å². The molecule has 0 amide bonds. The fourth-order valence-corrected chi connectivity index (χ4v) is 2.29. The Morgan fingerprint density at radius 1 is 1.15 bits per heavy atom. The molecule has 0 fully saturated rings. The molecule has 0 saturated carbocycles. The van der Waals surface area contributed by atoms with Gasteiger partial charge < -0.3 is 10.0 Å². The van der Waals surface area contributed by atoms with Gasteiger partial charge in [-0.2, -0.15) is 0 Å². The predicted molar refractivity (Wildman–Crippen MR) is 82.9 cm³/mol. The second kappa shape index (κ2) is 7.06. The molecule has 2 aromatic rings. The first-order valence-corrected chi connectivity index (χ1v) is 7.10. The van der Waals surface area contributed by atoms with Crippen LogP contribution in [0.25, 0.3) is 0 Å². The fourth-order valence-electron chi connectivity index (χ4n) is 2.29. The van der Waals surface area contributed by atoms with E-state index in [0.29, 0.717) is 0 Å². The second-order valence-corrected chi connectivity index (χ2v) is 4.98. The lowest BCUT2D eigenvalue weighted by Gasteiger charge is -2.24. The highest BCUT2D eigenvalue weighted by atomic mass is 16.3. The molecule has 0 aliphatic carbocycles. The summed E-state index contributed by atoms with van der Waals surface area (Å²) < 4.78 is 0. The number of aromatic nitrogens is 1. The van der Waals surface area contributed by atoms with Gasteiger partial charge in [-0.3, -0.25) is 4.98 Å². The summed E-state index contributed by atoms with van der Waals surface area (Å²) in [6.45, 7) is 2.87. The molecular formula is C17H22N2O. The van der Waals surface area contributed by atoms with E-state index in [-0.39, 0.29) is 0 Å². The van der Waals surface area contributed by atoms with Crippen molar-refractivity contribution < 1.29 is 5.11 Å². The van der Waals surface area contributed by atoms with E-state index in [1.807, 2.05) is 49.5 Å². The number of para-hydroxylation sites is 1. The molecule has 0 spiro atoms. The van der Waals surface area contributed by atoms with Crippen molar-refractivity contribution >= 4 is 5.69 Å². The van der Waals surface area contributed by atoms with Crippen molar-refractivity contribution in [2.45, 2.75) is 25.9 Å². The molecule has 0 saturated heterocycles. The predicted octanol–water partition coefficient (Wildman–Crippen LogP) is 3.20. The number of pyridine rings is 1. The van der Waals surface area contributed by atoms with Gasteiger partial charge in [-0.05, 0) is 24.6 Å². The molecular weight excluding hydrogens is 248 g/mol. The summed E-state index contributed by atoms with van der Waals surface area (Å²) >= 11 is 0. The summed E-state index contributed by atoms with van der Waals surface area (Å²) in [7, 11) is 2.06. The van der Waals surface area contributed by atoms with Crippen molar-refractivity contribution in [2.75, 3.05) is 18.5 Å². The van der Waals surface area contributed by atoms with Crippen LogP contribution in [-0.4, -0.2) is 23.7 Å². The van der Waals surface area contributed by atoms with Crippen LogP contribution in [0.2, 0.25) is 0 Å². The smallest absolute Gasteiger partial charge is 0.0807 e. The van der Waals surface area contributed by atoms with Crippen LogP contribution in [0.5, 0.6) is 0 Å². The standard InChI is InChI=1S/C17H22N2O/c1-3-17(20)15-9-4-5-10-16(15)19(2)13-11-14-8-6-7-12-18-14/h4-10,12,17,20H,3,11,13H2,1-2H3. The van der Waals surface area contributed by atoms with Crippen LogP contribution >= 0.6 is 0 Å². The molecule has 1 heterocycles. The Balaban J connectivity index is 2.07. The maximum atomic E-state index is 10.1. The first kappa shape index (κ1) is 14.5. The monoisotopic (exact) mass is 270 g/mol. The summed E-state index contributed by atoms with van der Waals surface area (Å²) in [4.78, 5) is 6.53. The maximum Gasteiger partial charge on any atom is 0.0807 e. The van der Waals surface area contributed by atoms with Gasteiger partial charge in [-0.25, -0.2) is 0 Å². The SMILES string of the molecule is CCC(O)c1ccccc1N(C)CCc1ccccn1. The van der Waals surface area contributed by atoms with Crippen molar-refractivity contribution in [2.24, 2.45) is 0 Å². The van der Waals surface area contributed by atoms with Crippen molar-refractivity contribution in [3.63, 3.8) is 0 Å². The largest absolute Gasteiger partial charge is 0.388 e. The summed E-state index contributed by atoms with van der Waals surface area (Å²) in [5, 5.41) is 10.1. The van der Waals surface area contributed by atoms with Gasteiger partial charge in [-0.1, -0.05) is 31.2 Å². The van der Waals surface area contributed by atoms with Gasteiger partial charge in [0.15, 0.2) is 0 Å². The maximum absolute atomic E-state index is 10.1. The molecule has 1 aromatic heterocycles. The molecule has 0 radical (unpaired) electrons. The van der Waals surface area contributed by atoms with Gasteiger partial charge in [0.05, 0.1) is 6.10 Å². The Labute approximate surface area is 120 Å². The van der Waals surface area contributed by atoms with E-state index in [4.69, 9.17) is 0 Å². The molecule has 3 nitrogen and oxygen atoms in total. The van der Waals surface area contributed by atoms with Crippen LogP contribution < -0.4 is 4.90 Å². The zero-order valence-corrected chi connectivity index (χ0v) is 12.2. The van der Waals surface area contributed by atoms with Crippen LogP contribution in [0, 0.1) is 0 Å². The highest BCUT2D eigenvalue weighted by molar-refractivity contribution is 5.54. The Morgan fingerprint density at radius 2 is 1.90 bits per heavy atom. The van der Waals surface area contributed by atoms with Gasteiger partial charge in [0.2, 0.25) is 0 Å². The van der Waals surface area contributed by atoms with Crippen LogP contribution in [0.1, 0.15) is 30.7 Å². The minimum Gasteiger partial charge on any atom is -0.388 e. The average molecular weight is 270 g/mol. The lowest BCUT2D eigenvalue weighted by molar-refractivity contribution is 0.174. The summed E-state index contributed by atoms with van der Waals surface area (Å²) in [6.07, 6.45) is 3.05. The van der Waals surface area contributed by atoms with Gasteiger partial charge in [0.1, 0.15) is 0 Å². The molecule has 2 rings (SSSR count). The molecule has 106 valence electrons. The molecule has 0 bridgehead atoms. The number of hydrogen-bond acceptors (Lipinski definition) is 3. The highest BCUT2D eigenvalue weighted by Gasteiger charge is 2.12. The van der Waals surface area contributed by atoms with Crippen LogP contribution in [0.3, 0.4) is 0 Å². The average Bonchev–Trinajstić information content (AvgIpc) is 2.52. The van der Waals surface area contributed by atoms with Crippen molar-refractivity contribution in [3.8, 4) is 0 Å². The quantitative estimate of drug-likeness (QED) is 0.875. The number of likely N-dealkylation sites (N-methyl/N-ethyl adjacent to an activating group) is 1. The summed E-state index contributed by atoms with van der Waals surface area (Å²) in [6, 6.07) is 14.0. The molecule has 3 heteroatoms. The normalized spacial score (nSPS) is 12.2. The van der Waals surface area contributed by atoms with Crippen LogP contribution in [0.15, 0.2) is 48.7 Å². The Hall–Kier alpha value is -1.87. The number of nitrogens with zero attached hydrogens (tertiary/aromatic N) is 2. The molecule has 0 aliphatic heterocycles. The van der Waals surface area contributed by atoms with E-state index in [9.17, 15) is 5.11 Å². The number of benzene rings is 1. The Morgan fingerprint density at radius 3 is 2.60 bits per heavy atom. The van der Waals surface area contributed by atoms with E-state index in [1.54, 1.807) is 0 Å². The molecule has 1 unspecified atom stereocenters. The first-order chi connectivity index (χ1) is 9.72. The number of anilines is 1. The first-order valence-electron chi connectivity index (χ1n) is 7.10. The topological polar surface area (TPSA) is 36.4 Å². The zero-order valence-electron chi connectivity index (χ0n) is 12.2. The molecule has 0 aliphatic rings. The second-order valence-electron chi connectivity index (χ2n) is 4.98. The third-order valence-electron chi connectivity index (χ3n) is 3.52. The minimum absolute atomic E-state index is 0.400. The Bertz CT molecular complexity index is 528. The van der Waals surface area contributed by atoms with E-state index >= 15 is 0 Å². The van der Waals surface area contributed by atoms with Gasteiger partial charge in [0.25, 0.3) is 0 Å². The highest BCUT2D eigenvalue weighted by Crippen LogP contribution is 2.27. The van der Waals surface area contributed by atoms with Gasteiger partial charge in [-0.15, -0.1) is 0 Å². The summed E-state index contributed by atoms with van der Waals surface area (Å²) in [5.74, 6) is 0. The molecule has 20 heavy (non-hydrogen) atoms. The number of aliphatic hydroxyl groups excluding tert-OH is 1. The molecule has 1 aromatic carbocycles. The van der Waals surface area contributed by atoms with Crippen LogP contribution in [0.4, 0.5) is 5.69 Å². The minimum atomic E-state index is -0.400. The third-order valence-corrected chi connectivity index (χ3v) is 3.52. The summed E-state index contributed by atoms with van der Waals surface area (Å²) in [5.41, 5.74) is 3.18. The lowest BCUT2D eigenvalue weighted by atomic mass is 10.0. The van der Waals surface area contributed by atoms with Gasteiger partial charge >= 0.3 is 0 Å². The van der Waals surface area contributed by atoms with Crippen molar-refractivity contribution in [1.29, 1.82) is 0 Å². The molecule has 1 atom stereocenters. The fraction of sp³-hybridized carbons (Fsp3) is 0.353. The van der Waals surface area contributed by atoms with E-state index in [2.05, 4.69) is 23.0 Å². The number of aliphatic hydroxyl groups is 1. The van der Waals surface area contributed by atoms with Crippen molar-refractivity contribution in [1.82, 2.24) is 4.98 Å². The third kappa shape index (κ3) is 3.58. The molecule has 1 N–H and O–H groups in total. The van der Waals surface area contributed by atoms with Crippen LogP contribution in [-0.2, 0) is 6.42 Å². The van der Waals surface area contributed by atoms with E-state index in [1.165, 1.54) is 0 Å².